The van der Waals surface area contributed by atoms with E-state index in [0.29, 0.717) is 23.7 Å². The van der Waals surface area contributed by atoms with Gasteiger partial charge in [-0.3, -0.25) is 20.4 Å². The van der Waals surface area contributed by atoms with Crippen LogP contribution in [0, 0.1) is 13.8 Å². The summed E-state index contributed by atoms with van der Waals surface area (Å²) in [6.07, 6.45) is 4.37. The van der Waals surface area contributed by atoms with Gasteiger partial charge in [-0.25, -0.2) is 0 Å². The summed E-state index contributed by atoms with van der Waals surface area (Å²) in [4.78, 5) is 24.4. The van der Waals surface area contributed by atoms with Crippen LogP contribution < -0.4 is 20.3 Å². The predicted molar refractivity (Wildman–Crippen MR) is 113 cm³/mol. The van der Waals surface area contributed by atoms with Crippen molar-refractivity contribution in [1.82, 2.24) is 10.9 Å². The summed E-state index contributed by atoms with van der Waals surface area (Å²) in [5, 5.41) is 0. The molecule has 2 amide bonds. The van der Waals surface area contributed by atoms with Crippen LogP contribution in [0.25, 0.3) is 0 Å². The maximum atomic E-state index is 12.4. The standard InChI is InChI=1S/C23H30N2O4/c1-4-5-6-9-14-28-21-11-8-7-10-19(21)23(27)25-24-22(26)16-29-20-13-12-17(2)15-18(20)3/h7-8,10-13,15H,4-6,9,14,16H2,1-3H3,(H,24,26)(H,25,27). The molecule has 0 aromatic heterocycles. The Labute approximate surface area is 172 Å². The van der Waals surface area contributed by atoms with Crippen molar-refractivity contribution in [3.05, 3.63) is 59.2 Å². The molecule has 2 rings (SSSR count). The molecule has 0 aliphatic rings. The van der Waals surface area contributed by atoms with Crippen LogP contribution in [0.3, 0.4) is 0 Å². The Morgan fingerprint density at radius 1 is 0.897 bits per heavy atom. The average molecular weight is 399 g/mol. The Hall–Kier alpha value is -3.02. The molecular weight excluding hydrogens is 368 g/mol. The third-order valence-corrected chi connectivity index (χ3v) is 4.39. The van der Waals surface area contributed by atoms with E-state index in [1.807, 2.05) is 38.1 Å². The number of nitrogens with one attached hydrogen (secondary N) is 2. The molecule has 0 radical (unpaired) electrons. The lowest BCUT2D eigenvalue weighted by molar-refractivity contribution is -0.123. The zero-order valence-electron chi connectivity index (χ0n) is 17.4. The fraction of sp³-hybridized carbons (Fsp3) is 0.391. The highest BCUT2D eigenvalue weighted by atomic mass is 16.5. The lowest BCUT2D eigenvalue weighted by atomic mass is 10.1. The maximum Gasteiger partial charge on any atom is 0.276 e. The fourth-order valence-corrected chi connectivity index (χ4v) is 2.83. The van der Waals surface area contributed by atoms with E-state index >= 15 is 0 Å². The first-order chi connectivity index (χ1) is 14.0. The van der Waals surface area contributed by atoms with Crippen LogP contribution in [0.4, 0.5) is 0 Å². The van der Waals surface area contributed by atoms with Gasteiger partial charge in [-0.1, -0.05) is 56.0 Å². The minimum Gasteiger partial charge on any atom is -0.493 e. The van der Waals surface area contributed by atoms with E-state index in [0.717, 1.165) is 30.4 Å². The van der Waals surface area contributed by atoms with Gasteiger partial charge in [0.1, 0.15) is 11.5 Å². The van der Waals surface area contributed by atoms with Crippen LogP contribution in [0.15, 0.2) is 42.5 Å². The van der Waals surface area contributed by atoms with Crippen LogP contribution >= 0.6 is 0 Å². The molecule has 2 aromatic carbocycles. The highest BCUT2D eigenvalue weighted by molar-refractivity contribution is 5.97. The number of benzene rings is 2. The average Bonchev–Trinajstić information content (AvgIpc) is 2.71. The number of carbonyl (C=O) groups is 2. The Morgan fingerprint density at radius 3 is 2.45 bits per heavy atom. The van der Waals surface area contributed by atoms with E-state index in [9.17, 15) is 9.59 Å². The Balaban J connectivity index is 1.81. The van der Waals surface area contributed by atoms with Crippen molar-refractivity contribution >= 4 is 11.8 Å². The van der Waals surface area contributed by atoms with Gasteiger partial charge in [-0.2, -0.15) is 0 Å². The second-order valence-electron chi connectivity index (χ2n) is 6.97. The Kier molecular flexibility index (Phi) is 9.02. The van der Waals surface area contributed by atoms with Crippen molar-refractivity contribution in [1.29, 1.82) is 0 Å². The quantitative estimate of drug-likeness (QED) is 0.467. The molecule has 0 heterocycles. The number of unbranched alkanes of at least 4 members (excludes halogenated alkanes) is 3. The number of hydrogen-bond donors (Lipinski definition) is 2. The van der Waals surface area contributed by atoms with Crippen molar-refractivity contribution in [2.24, 2.45) is 0 Å². The lowest BCUT2D eigenvalue weighted by Gasteiger charge is -2.13. The number of hydrazine groups is 1. The van der Waals surface area contributed by atoms with Gasteiger partial charge in [0, 0.05) is 0 Å². The van der Waals surface area contributed by atoms with Crippen LogP contribution in [-0.4, -0.2) is 25.0 Å². The van der Waals surface area contributed by atoms with Gasteiger partial charge in [0.15, 0.2) is 6.61 Å². The highest BCUT2D eigenvalue weighted by Gasteiger charge is 2.13. The summed E-state index contributed by atoms with van der Waals surface area (Å²) in [5.41, 5.74) is 7.23. The number of hydrogen-bond acceptors (Lipinski definition) is 4. The molecule has 0 aliphatic carbocycles. The molecule has 29 heavy (non-hydrogen) atoms. The van der Waals surface area contributed by atoms with Gasteiger partial charge in [0.05, 0.1) is 12.2 Å². The van der Waals surface area contributed by atoms with Crippen LogP contribution in [0.1, 0.15) is 54.1 Å². The Morgan fingerprint density at radius 2 is 1.69 bits per heavy atom. The molecular formula is C23H30N2O4. The van der Waals surface area contributed by atoms with Crippen molar-refractivity contribution in [3.8, 4) is 11.5 Å². The van der Waals surface area contributed by atoms with Crippen molar-refractivity contribution in [3.63, 3.8) is 0 Å². The van der Waals surface area contributed by atoms with Crippen LogP contribution in [-0.2, 0) is 4.79 Å². The third-order valence-electron chi connectivity index (χ3n) is 4.39. The van der Waals surface area contributed by atoms with E-state index in [2.05, 4.69) is 17.8 Å². The van der Waals surface area contributed by atoms with E-state index in [4.69, 9.17) is 9.47 Å². The Bertz CT molecular complexity index is 820. The largest absolute Gasteiger partial charge is 0.493 e. The normalized spacial score (nSPS) is 10.3. The van der Waals surface area contributed by atoms with E-state index in [1.165, 1.54) is 6.42 Å². The molecule has 0 fully saturated rings. The van der Waals surface area contributed by atoms with Gasteiger partial charge in [-0.05, 0) is 44.0 Å². The van der Waals surface area contributed by atoms with Gasteiger partial charge in [0.25, 0.3) is 11.8 Å². The number of rotatable bonds is 10. The first-order valence-electron chi connectivity index (χ1n) is 10.0. The highest BCUT2D eigenvalue weighted by Crippen LogP contribution is 2.19. The smallest absolute Gasteiger partial charge is 0.276 e. The minimum absolute atomic E-state index is 0.195. The summed E-state index contributed by atoms with van der Waals surface area (Å²) in [6.45, 7) is 6.43. The van der Waals surface area contributed by atoms with Crippen LogP contribution in [0.2, 0.25) is 0 Å². The molecule has 0 atom stereocenters. The molecule has 0 saturated heterocycles. The first kappa shape index (κ1) is 22.3. The summed E-state index contributed by atoms with van der Waals surface area (Å²) in [7, 11) is 0. The molecule has 2 N–H and O–H groups in total. The van der Waals surface area contributed by atoms with Gasteiger partial charge in [0.2, 0.25) is 0 Å². The second kappa shape index (κ2) is 11.7. The van der Waals surface area contributed by atoms with Crippen molar-refractivity contribution in [2.45, 2.75) is 46.5 Å². The van der Waals surface area contributed by atoms with Gasteiger partial charge >= 0.3 is 0 Å². The number of ether oxygens (including phenoxy) is 2. The molecule has 6 nitrogen and oxygen atoms in total. The summed E-state index contributed by atoms with van der Waals surface area (Å²) >= 11 is 0. The topological polar surface area (TPSA) is 76.7 Å². The zero-order chi connectivity index (χ0) is 21.1. The monoisotopic (exact) mass is 398 g/mol. The molecule has 0 aliphatic heterocycles. The van der Waals surface area contributed by atoms with E-state index in [1.54, 1.807) is 18.2 Å². The molecule has 156 valence electrons. The number of carbonyl (C=O) groups excluding carboxylic acids is 2. The maximum absolute atomic E-state index is 12.4. The third kappa shape index (κ3) is 7.49. The second-order valence-corrected chi connectivity index (χ2v) is 6.97. The fourth-order valence-electron chi connectivity index (χ4n) is 2.83. The van der Waals surface area contributed by atoms with Gasteiger partial charge < -0.3 is 9.47 Å². The minimum atomic E-state index is -0.448. The van der Waals surface area contributed by atoms with E-state index < -0.39 is 11.8 Å². The van der Waals surface area contributed by atoms with E-state index in [-0.39, 0.29) is 6.61 Å². The van der Waals surface area contributed by atoms with Crippen molar-refractivity contribution < 1.29 is 19.1 Å². The molecule has 0 unspecified atom stereocenters. The van der Waals surface area contributed by atoms with Crippen LogP contribution in [0.5, 0.6) is 11.5 Å². The molecule has 0 saturated carbocycles. The lowest BCUT2D eigenvalue weighted by Crippen LogP contribution is -2.44. The number of aryl methyl sites for hydroxylation is 2. The molecule has 6 heteroatoms. The predicted octanol–water partition coefficient (Wildman–Crippen LogP) is 4.10. The summed E-state index contributed by atoms with van der Waals surface area (Å²) in [6, 6.07) is 12.7. The molecule has 0 spiro atoms. The number of para-hydroxylation sites is 1. The van der Waals surface area contributed by atoms with Gasteiger partial charge in [-0.15, -0.1) is 0 Å². The first-order valence-corrected chi connectivity index (χ1v) is 10.0. The number of amides is 2. The molecule has 0 bridgehead atoms. The van der Waals surface area contributed by atoms with Crippen molar-refractivity contribution in [2.75, 3.05) is 13.2 Å². The summed E-state index contributed by atoms with van der Waals surface area (Å²) < 4.78 is 11.3. The SMILES string of the molecule is CCCCCCOc1ccccc1C(=O)NNC(=O)COc1ccc(C)cc1C. The zero-order valence-corrected chi connectivity index (χ0v) is 17.4. The summed E-state index contributed by atoms with van der Waals surface area (Å²) in [5.74, 6) is 0.256. The molecule has 2 aromatic rings.